The first-order valence-electron chi connectivity index (χ1n) is 7.78. The molecule has 1 fully saturated rings. The highest BCUT2D eigenvalue weighted by Crippen LogP contribution is 2.30. The number of nitroso groups, excluding NO2 is 1. The van der Waals surface area contributed by atoms with Crippen LogP contribution >= 0.6 is 11.9 Å². The molecule has 144 valence electrons. The zero-order chi connectivity index (χ0) is 19.4. The third-order valence-corrected chi connectivity index (χ3v) is 5.06. The predicted molar refractivity (Wildman–Crippen MR) is 90.2 cm³/mol. The molecule has 1 rings (SSSR count). The van der Waals surface area contributed by atoms with E-state index in [0.29, 0.717) is 11.9 Å². The van der Waals surface area contributed by atoms with Gasteiger partial charge in [-0.2, -0.15) is 0 Å². The van der Waals surface area contributed by atoms with Gasteiger partial charge in [0.25, 0.3) is 0 Å². The molecular weight excluding hydrogens is 354 g/mol. The molecular formula is C14H25N3O7S. The summed E-state index contributed by atoms with van der Waals surface area (Å²) in [6.45, 7) is 3.85. The Morgan fingerprint density at radius 3 is 2.36 bits per heavy atom. The van der Waals surface area contributed by atoms with Gasteiger partial charge in [0, 0.05) is 36.0 Å². The van der Waals surface area contributed by atoms with Gasteiger partial charge in [-0.1, -0.05) is 0 Å². The Morgan fingerprint density at radius 1 is 1.28 bits per heavy atom. The van der Waals surface area contributed by atoms with Gasteiger partial charge >= 0.3 is 0 Å². The fourth-order valence-electron chi connectivity index (χ4n) is 2.83. The van der Waals surface area contributed by atoms with Gasteiger partial charge in [-0.15, -0.1) is 4.91 Å². The summed E-state index contributed by atoms with van der Waals surface area (Å²) in [7, 11) is 0. The summed E-state index contributed by atoms with van der Waals surface area (Å²) in [5, 5.41) is 44.2. The Morgan fingerprint density at radius 2 is 1.88 bits per heavy atom. The van der Waals surface area contributed by atoms with Crippen molar-refractivity contribution in [3.63, 3.8) is 0 Å². The first kappa shape index (κ1) is 21.8. The minimum atomic E-state index is -1.50. The molecule has 0 spiro atoms. The minimum absolute atomic E-state index is 0.0154. The average Bonchev–Trinajstić information content (AvgIpc) is 2.52. The summed E-state index contributed by atoms with van der Waals surface area (Å²) in [5.41, 5.74) is 0. The Hall–Kier alpha value is -1.27. The molecule has 0 radical (unpaired) electrons. The highest BCUT2D eigenvalue weighted by molar-refractivity contribution is 7.99. The number of rotatable bonds is 7. The topological polar surface area (TPSA) is 169 Å². The van der Waals surface area contributed by atoms with Crippen molar-refractivity contribution in [2.24, 2.45) is 10.5 Å². The van der Waals surface area contributed by atoms with E-state index < -0.39 is 59.5 Å². The van der Waals surface area contributed by atoms with Gasteiger partial charge in [-0.05, 0) is 20.3 Å². The van der Waals surface area contributed by atoms with Crippen molar-refractivity contribution in [1.82, 2.24) is 10.6 Å². The van der Waals surface area contributed by atoms with Crippen LogP contribution in [-0.4, -0.2) is 74.0 Å². The normalized spacial score (nSPS) is 31.1. The number of hydrogen-bond donors (Lipinski definition) is 6. The van der Waals surface area contributed by atoms with E-state index in [1.54, 1.807) is 0 Å². The van der Waals surface area contributed by atoms with Gasteiger partial charge in [0.2, 0.25) is 11.8 Å². The van der Waals surface area contributed by atoms with Crippen LogP contribution in [-0.2, 0) is 9.59 Å². The molecule has 0 heterocycles. The second-order valence-electron chi connectivity index (χ2n) is 6.66. The van der Waals surface area contributed by atoms with Crippen molar-refractivity contribution >= 4 is 23.8 Å². The number of hydrogen-bond acceptors (Lipinski definition) is 9. The summed E-state index contributed by atoms with van der Waals surface area (Å²) in [6.07, 6.45) is -4.03. The van der Waals surface area contributed by atoms with Crippen molar-refractivity contribution in [2.45, 2.75) is 62.3 Å². The maximum Gasteiger partial charge on any atom is 0.244 e. The van der Waals surface area contributed by atoms with E-state index in [9.17, 15) is 29.8 Å². The van der Waals surface area contributed by atoms with Crippen LogP contribution in [0, 0.1) is 10.8 Å². The number of carbonyl (C=O) groups excluding carboxylic acids is 2. The van der Waals surface area contributed by atoms with E-state index in [1.165, 1.54) is 20.8 Å². The van der Waals surface area contributed by atoms with Crippen LogP contribution in [0.15, 0.2) is 4.58 Å². The van der Waals surface area contributed by atoms with E-state index >= 15 is 0 Å². The van der Waals surface area contributed by atoms with Crippen LogP contribution in [0.1, 0.15) is 27.2 Å². The zero-order valence-corrected chi connectivity index (χ0v) is 15.1. The van der Waals surface area contributed by atoms with Crippen LogP contribution in [0.5, 0.6) is 0 Å². The Balaban J connectivity index is 2.95. The molecule has 5 unspecified atom stereocenters. The third kappa shape index (κ3) is 5.35. The maximum atomic E-state index is 12.6. The van der Waals surface area contributed by atoms with Gasteiger partial charge < -0.3 is 31.1 Å². The highest BCUT2D eigenvalue weighted by atomic mass is 32.2. The zero-order valence-electron chi connectivity index (χ0n) is 14.2. The lowest BCUT2D eigenvalue weighted by atomic mass is 9.79. The standard InChI is InChI=1S/C14H25N3O7S/c1-6(19)15-12(14(2,3)25-17-24)13(23)16-9-8(20)4-7(5-18)10(21)11(9)22/h7-12,18,20-22H,4-5H2,1-3H3,(H,15,19)(H,16,23)/t7?,8?,9?,10?,11?,12-/m0/s1. The number of aliphatic hydroxyl groups is 4. The van der Waals surface area contributed by atoms with Crippen LogP contribution in [0.4, 0.5) is 0 Å². The minimum Gasteiger partial charge on any atom is -0.396 e. The van der Waals surface area contributed by atoms with E-state index in [1.807, 2.05) is 0 Å². The van der Waals surface area contributed by atoms with Gasteiger partial charge in [0.1, 0.15) is 12.1 Å². The lowest BCUT2D eigenvalue weighted by molar-refractivity contribution is -0.139. The average molecular weight is 379 g/mol. The second kappa shape index (κ2) is 8.90. The number of amides is 2. The Bertz CT molecular complexity index is 505. The number of carbonyl (C=O) groups is 2. The van der Waals surface area contributed by atoms with Crippen LogP contribution in [0.25, 0.3) is 0 Å². The van der Waals surface area contributed by atoms with Crippen molar-refractivity contribution in [2.75, 3.05) is 6.61 Å². The van der Waals surface area contributed by atoms with E-state index in [-0.39, 0.29) is 6.42 Å². The monoisotopic (exact) mass is 379 g/mol. The van der Waals surface area contributed by atoms with Crippen LogP contribution in [0.3, 0.4) is 0 Å². The van der Waals surface area contributed by atoms with Gasteiger partial charge in [-0.25, -0.2) is 0 Å². The summed E-state index contributed by atoms with van der Waals surface area (Å²) >= 11 is 0.567. The SMILES string of the molecule is CC(=O)N[C@@H](C(=O)NC1C(O)CC(CO)C(O)C1O)C(C)(C)SN=O. The molecule has 1 aliphatic rings. The lowest BCUT2D eigenvalue weighted by Gasteiger charge is -2.41. The van der Waals surface area contributed by atoms with Crippen molar-refractivity contribution in [3.05, 3.63) is 4.91 Å². The summed E-state index contributed by atoms with van der Waals surface area (Å²) in [5.74, 6) is -1.96. The highest BCUT2D eigenvalue weighted by Gasteiger charge is 2.45. The predicted octanol–water partition coefficient (Wildman–Crippen LogP) is -1.74. The summed E-state index contributed by atoms with van der Waals surface area (Å²) < 4.78 is 1.61. The molecule has 11 heteroatoms. The molecule has 1 saturated carbocycles. The van der Waals surface area contributed by atoms with Crippen molar-refractivity contribution < 1.29 is 30.0 Å². The molecule has 10 nitrogen and oxygen atoms in total. The van der Waals surface area contributed by atoms with E-state index in [0.717, 1.165) is 0 Å². The maximum absolute atomic E-state index is 12.6. The number of nitrogens with zero attached hydrogens (tertiary/aromatic N) is 1. The molecule has 0 aromatic rings. The van der Waals surface area contributed by atoms with Crippen molar-refractivity contribution in [1.29, 1.82) is 0 Å². The molecule has 0 aromatic heterocycles. The van der Waals surface area contributed by atoms with Crippen LogP contribution < -0.4 is 10.6 Å². The lowest BCUT2D eigenvalue weighted by Crippen LogP contribution is -2.65. The fraction of sp³-hybridized carbons (Fsp3) is 0.857. The quantitative estimate of drug-likeness (QED) is 0.224. The van der Waals surface area contributed by atoms with Gasteiger partial charge in [-0.3, -0.25) is 9.59 Å². The molecule has 1 aliphatic carbocycles. The molecule has 6 N–H and O–H groups in total. The first-order chi connectivity index (χ1) is 11.5. The van der Waals surface area contributed by atoms with Gasteiger partial charge in [0.05, 0.1) is 23.0 Å². The molecule has 25 heavy (non-hydrogen) atoms. The van der Waals surface area contributed by atoms with Gasteiger partial charge in [0.15, 0.2) is 0 Å². The summed E-state index contributed by atoms with van der Waals surface area (Å²) in [6, 6.07) is -2.36. The first-order valence-corrected chi connectivity index (χ1v) is 8.55. The summed E-state index contributed by atoms with van der Waals surface area (Å²) in [4.78, 5) is 34.5. The molecule has 0 aliphatic heterocycles. The Labute approximate surface area is 149 Å². The van der Waals surface area contributed by atoms with Crippen LogP contribution in [0.2, 0.25) is 0 Å². The van der Waals surface area contributed by atoms with E-state index in [4.69, 9.17) is 5.11 Å². The molecule has 2 amide bonds. The van der Waals surface area contributed by atoms with E-state index in [2.05, 4.69) is 15.2 Å². The Kier molecular flexibility index (Phi) is 7.75. The second-order valence-corrected chi connectivity index (χ2v) is 8.05. The molecule has 0 bridgehead atoms. The molecule has 0 saturated heterocycles. The fourth-order valence-corrected chi connectivity index (χ4v) is 3.30. The molecule has 0 aromatic carbocycles. The number of nitrogens with one attached hydrogen (secondary N) is 2. The van der Waals surface area contributed by atoms with Crippen molar-refractivity contribution in [3.8, 4) is 0 Å². The molecule has 6 atom stereocenters. The smallest absolute Gasteiger partial charge is 0.244 e. The number of aliphatic hydroxyl groups excluding tert-OH is 4. The third-order valence-electron chi connectivity index (χ3n) is 4.28. The largest absolute Gasteiger partial charge is 0.396 e.